The highest BCUT2D eigenvalue weighted by Gasteiger charge is 2.30. The predicted octanol–water partition coefficient (Wildman–Crippen LogP) is 2.42. The molecule has 0 saturated carbocycles. The van der Waals surface area contributed by atoms with E-state index in [4.69, 9.17) is 27.8 Å². The fourth-order valence-corrected chi connectivity index (χ4v) is 3.79. The molecule has 1 aromatic heterocycles. The number of sulfonamides is 1. The second kappa shape index (κ2) is 11.1. The molecule has 0 radical (unpaired) electrons. The van der Waals surface area contributed by atoms with Gasteiger partial charge in [-0.1, -0.05) is 35.9 Å². The van der Waals surface area contributed by atoms with E-state index in [0.717, 1.165) is 35.4 Å². The van der Waals surface area contributed by atoms with Crippen LogP contribution in [0.5, 0.6) is 0 Å². The number of carbonyl (C=O) groups is 1. The highest BCUT2D eigenvalue weighted by atomic mass is 35.5. The number of hydrogen-bond donors (Lipinski definition) is 2. The largest absolute Gasteiger partial charge is 0.459 e. The van der Waals surface area contributed by atoms with E-state index in [1.807, 2.05) is 24.3 Å². The summed E-state index contributed by atoms with van der Waals surface area (Å²) < 4.78 is 29.9. The van der Waals surface area contributed by atoms with E-state index in [-0.39, 0.29) is 17.6 Å². The number of ether oxygens (including phenoxy) is 1. The lowest BCUT2D eigenvalue weighted by Crippen LogP contribution is -2.48. The first kappa shape index (κ1) is 26.1. The van der Waals surface area contributed by atoms with Gasteiger partial charge >= 0.3 is 5.97 Å². The Bertz CT molecular complexity index is 1040. The van der Waals surface area contributed by atoms with E-state index in [9.17, 15) is 13.2 Å². The molecule has 2 rings (SSSR count). The zero-order chi connectivity index (χ0) is 23.9. The van der Waals surface area contributed by atoms with Crippen molar-refractivity contribution in [3.63, 3.8) is 0 Å². The van der Waals surface area contributed by atoms with Crippen LogP contribution in [0.1, 0.15) is 36.5 Å². The van der Waals surface area contributed by atoms with Crippen molar-refractivity contribution in [2.75, 3.05) is 24.2 Å². The Morgan fingerprint density at radius 3 is 2.53 bits per heavy atom. The smallest absolute Gasteiger partial charge is 0.326 e. The van der Waals surface area contributed by atoms with Crippen LogP contribution in [0.2, 0.25) is 5.15 Å². The zero-order valence-corrected chi connectivity index (χ0v) is 20.2. The van der Waals surface area contributed by atoms with Gasteiger partial charge in [0.2, 0.25) is 10.0 Å². The molecule has 8 nitrogen and oxygen atoms in total. The molecule has 0 aliphatic heterocycles. The molecule has 32 heavy (non-hydrogen) atoms. The molecule has 0 amide bonds. The second-order valence-corrected chi connectivity index (χ2v) is 10.5. The Hall–Kier alpha value is -2.20. The standard InChI is InChI=1S/C22H31ClN4O4S/c1-22(25,14-17-9-6-8-16(11-17)7-4-5-10-24)21(28)31-15-18-12-19(23)26-20(13-18)27(2)32(3,29)30/h6,8-9,11-13H,4-5,7,10,14-15,24-25H2,1-3H3. The Morgan fingerprint density at radius 2 is 1.88 bits per heavy atom. The van der Waals surface area contributed by atoms with Crippen LogP contribution in [0, 0.1) is 0 Å². The number of nitrogens with two attached hydrogens (primary N) is 2. The number of rotatable bonds is 11. The molecule has 0 aliphatic rings. The molecular weight excluding hydrogens is 452 g/mol. The van der Waals surface area contributed by atoms with Gasteiger partial charge < -0.3 is 16.2 Å². The molecule has 1 atom stereocenters. The number of unbranched alkanes of at least 4 members (excludes halogenated alkanes) is 1. The zero-order valence-electron chi connectivity index (χ0n) is 18.7. The molecule has 10 heteroatoms. The van der Waals surface area contributed by atoms with E-state index in [1.54, 1.807) is 6.92 Å². The van der Waals surface area contributed by atoms with Gasteiger partial charge in [-0.25, -0.2) is 13.4 Å². The third-order valence-corrected chi connectivity index (χ3v) is 6.35. The van der Waals surface area contributed by atoms with Crippen molar-refractivity contribution < 1.29 is 17.9 Å². The molecule has 0 aliphatic carbocycles. The monoisotopic (exact) mass is 482 g/mol. The van der Waals surface area contributed by atoms with Crippen molar-refractivity contribution in [2.24, 2.45) is 11.5 Å². The van der Waals surface area contributed by atoms with Gasteiger partial charge in [0.25, 0.3) is 0 Å². The van der Waals surface area contributed by atoms with Crippen LogP contribution in [-0.4, -0.2) is 44.8 Å². The molecule has 0 spiro atoms. The van der Waals surface area contributed by atoms with Gasteiger partial charge in [-0.05, 0) is 61.6 Å². The quantitative estimate of drug-likeness (QED) is 0.286. The summed E-state index contributed by atoms with van der Waals surface area (Å²) in [5, 5.41) is 0.0889. The highest BCUT2D eigenvalue weighted by Crippen LogP contribution is 2.21. The lowest BCUT2D eigenvalue weighted by Gasteiger charge is -2.23. The second-order valence-electron chi connectivity index (χ2n) is 8.12. The molecule has 1 aromatic carbocycles. The fourth-order valence-electron chi connectivity index (χ4n) is 3.13. The third-order valence-electron chi connectivity index (χ3n) is 4.98. The van der Waals surface area contributed by atoms with Crippen LogP contribution in [-0.2, 0) is 39.0 Å². The summed E-state index contributed by atoms with van der Waals surface area (Å²) in [6.07, 6.45) is 4.26. The lowest BCUT2D eigenvalue weighted by molar-refractivity contribution is -0.150. The third kappa shape index (κ3) is 7.74. The van der Waals surface area contributed by atoms with Crippen LogP contribution in [0.15, 0.2) is 36.4 Å². The van der Waals surface area contributed by atoms with E-state index >= 15 is 0 Å². The van der Waals surface area contributed by atoms with Crippen molar-refractivity contribution >= 4 is 33.4 Å². The minimum absolute atomic E-state index is 0.0889. The van der Waals surface area contributed by atoms with Gasteiger partial charge in [-0.3, -0.25) is 9.10 Å². The Labute approximate surface area is 195 Å². The Balaban J connectivity index is 2.04. The molecule has 176 valence electrons. The predicted molar refractivity (Wildman–Crippen MR) is 127 cm³/mol. The number of nitrogens with zero attached hydrogens (tertiary/aromatic N) is 2. The summed E-state index contributed by atoms with van der Waals surface area (Å²) in [5.41, 5.74) is 13.2. The highest BCUT2D eigenvalue weighted by molar-refractivity contribution is 7.92. The van der Waals surface area contributed by atoms with Crippen LogP contribution in [0.3, 0.4) is 0 Å². The number of hydrogen-bond acceptors (Lipinski definition) is 7. The first-order chi connectivity index (χ1) is 14.9. The molecule has 1 unspecified atom stereocenters. The van der Waals surface area contributed by atoms with Gasteiger partial charge in [-0.2, -0.15) is 0 Å². The summed E-state index contributed by atoms with van der Waals surface area (Å²) in [6, 6.07) is 11.0. The van der Waals surface area contributed by atoms with Crippen LogP contribution in [0.4, 0.5) is 5.82 Å². The van der Waals surface area contributed by atoms with E-state index in [0.29, 0.717) is 18.5 Å². The molecule has 0 fully saturated rings. The summed E-state index contributed by atoms with van der Waals surface area (Å²) in [5.74, 6) is -0.440. The number of aromatic nitrogens is 1. The van der Waals surface area contributed by atoms with Crippen molar-refractivity contribution in [1.82, 2.24) is 4.98 Å². The maximum Gasteiger partial charge on any atom is 0.326 e. The number of anilines is 1. The number of halogens is 1. The summed E-state index contributed by atoms with van der Waals surface area (Å²) in [4.78, 5) is 16.7. The fraction of sp³-hybridized carbons (Fsp3) is 0.455. The van der Waals surface area contributed by atoms with Crippen LogP contribution < -0.4 is 15.8 Å². The topological polar surface area (TPSA) is 129 Å². The Kier molecular flexibility index (Phi) is 9.03. The molecule has 0 saturated heterocycles. The summed E-state index contributed by atoms with van der Waals surface area (Å²) in [7, 11) is -2.15. The number of esters is 1. The number of benzene rings is 1. The maximum atomic E-state index is 12.7. The van der Waals surface area contributed by atoms with Crippen molar-refractivity contribution in [2.45, 2.75) is 44.8 Å². The molecule has 0 bridgehead atoms. The van der Waals surface area contributed by atoms with E-state index in [2.05, 4.69) is 4.98 Å². The summed E-state index contributed by atoms with van der Waals surface area (Å²) >= 11 is 6.01. The van der Waals surface area contributed by atoms with E-state index < -0.39 is 21.5 Å². The van der Waals surface area contributed by atoms with Gasteiger partial charge in [0.15, 0.2) is 0 Å². The Morgan fingerprint density at radius 1 is 1.19 bits per heavy atom. The first-order valence-corrected chi connectivity index (χ1v) is 12.5. The molecule has 2 aromatic rings. The number of pyridine rings is 1. The van der Waals surface area contributed by atoms with E-state index in [1.165, 1.54) is 24.7 Å². The normalized spacial score (nSPS) is 13.4. The maximum absolute atomic E-state index is 12.7. The van der Waals surface area contributed by atoms with Gasteiger partial charge in [0.1, 0.15) is 23.1 Å². The average molecular weight is 483 g/mol. The van der Waals surface area contributed by atoms with Crippen LogP contribution >= 0.6 is 11.6 Å². The van der Waals surface area contributed by atoms with Gasteiger partial charge in [-0.15, -0.1) is 0 Å². The minimum Gasteiger partial charge on any atom is -0.459 e. The molecular formula is C22H31ClN4O4S. The van der Waals surface area contributed by atoms with Crippen molar-refractivity contribution in [1.29, 1.82) is 0 Å². The molecule has 1 heterocycles. The van der Waals surface area contributed by atoms with Crippen LogP contribution in [0.25, 0.3) is 0 Å². The first-order valence-electron chi connectivity index (χ1n) is 10.3. The minimum atomic E-state index is -3.51. The number of aryl methyl sites for hydroxylation is 1. The van der Waals surface area contributed by atoms with Crippen molar-refractivity contribution in [3.8, 4) is 0 Å². The van der Waals surface area contributed by atoms with Gasteiger partial charge in [0, 0.05) is 13.5 Å². The average Bonchev–Trinajstić information content (AvgIpc) is 2.70. The van der Waals surface area contributed by atoms with Gasteiger partial charge in [0.05, 0.1) is 6.26 Å². The lowest BCUT2D eigenvalue weighted by atomic mass is 9.92. The number of carbonyl (C=O) groups excluding carboxylic acids is 1. The van der Waals surface area contributed by atoms with Crippen molar-refractivity contribution in [3.05, 3.63) is 58.2 Å². The summed E-state index contributed by atoms with van der Waals surface area (Å²) in [6.45, 7) is 2.18. The SMILES string of the molecule is CN(c1cc(COC(=O)C(C)(N)Cc2cccc(CCCCN)c2)cc(Cl)n1)S(C)(=O)=O. The molecule has 4 N–H and O–H groups in total.